The summed E-state index contributed by atoms with van der Waals surface area (Å²) in [6, 6.07) is 0. The van der Waals surface area contributed by atoms with Gasteiger partial charge in [-0.05, 0) is 30.2 Å². The maximum Gasteiger partial charge on any atom is 0.102 e. The molecule has 2 aliphatic rings. The van der Waals surface area contributed by atoms with E-state index in [0.29, 0.717) is 6.10 Å². The molecule has 0 bridgehead atoms. The molecule has 0 unspecified atom stereocenters. The van der Waals surface area contributed by atoms with Crippen molar-refractivity contribution in [2.75, 3.05) is 5.75 Å². The molecule has 0 aromatic carbocycles. The number of allylic oxidation sites excluding steroid dienone is 2. The fourth-order valence-corrected chi connectivity index (χ4v) is 2.56. The lowest BCUT2D eigenvalue weighted by atomic mass is 10.1. The van der Waals surface area contributed by atoms with Crippen LogP contribution >= 0.6 is 11.8 Å². The van der Waals surface area contributed by atoms with Gasteiger partial charge < -0.3 is 4.74 Å². The quantitative estimate of drug-likeness (QED) is 0.663. The summed E-state index contributed by atoms with van der Waals surface area (Å²) in [6.07, 6.45) is 11.6. The van der Waals surface area contributed by atoms with Gasteiger partial charge in [0, 0.05) is 12.2 Å². The molecule has 0 saturated heterocycles. The van der Waals surface area contributed by atoms with E-state index in [4.69, 9.17) is 4.74 Å². The van der Waals surface area contributed by atoms with E-state index in [1.165, 1.54) is 25.0 Å². The van der Waals surface area contributed by atoms with Crippen LogP contribution in [-0.4, -0.2) is 11.9 Å². The molecule has 0 saturated carbocycles. The molecule has 0 aromatic heterocycles. The summed E-state index contributed by atoms with van der Waals surface area (Å²) in [7, 11) is 0. The Morgan fingerprint density at radius 3 is 3.25 bits per heavy atom. The van der Waals surface area contributed by atoms with E-state index in [9.17, 15) is 0 Å². The van der Waals surface area contributed by atoms with Crippen molar-refractivity contribution < 1.29 is 4.74 Å². The van der Waals surface area contributed by atoms with E-state index in [0.717, 1.165) is 6.42 Å². The number of rotatable bonds is 3. The SMILES string of the molecule is C1=CO[C@@H](CCC2=CCCS2)C1. The Hall–Kier alpha value is -0.370. The van der Waals surface area contributed by atoms with Crippen molar-refractivity contribution in [2.45, 2.75) is 31.8 Å². The van der Waals surface area contributed by atoms with Gasteiger partial charge >= 0.3 is 0 Å². The molecule has 0 N–H and O–H groups in total. The average Bonchev–Trinajstić information content (AvgIpc) is 2.74. The molecule has 0 fully saturated rings. The molecule has 0 amide bonds. The minimum Gasteiger partial charge on any atom is -0.498 e. The minimum absolute atomic E-state index is 0.465. The minimum atomic E-state index is 0.465. The molecule has 2 aliphatic heterocycles. The summed E-state index contributed by atoms with van der Waals surface area (Å²) >= 11 is 2.01. The lowest BCUT2D eigenvalue weighted by Crippen LogP contribution is -2.03. The standard InChI is InChI=1S/C10H14OS/c1-3-9(11-7-1)5-6-10-4-2-8-12-10/h1,4,7,9H,2-3,5-6,8H2/t9-/m1/s1. The Labute approximate surface area is 77.9 Å². The van der Waals surface area contributed by atoms with Gasteiger partial charge in [0.2, 0.25) is 0 Å². The first kappa shape index (κ1) is 8.24. The van der Waals surface area contributed by atoms with Crippen LogP contribution in [0.1, 0.15) is 25.7 Å². The number of ether oxygens (including phenoxy) is 1. The van der Waals surface area contributed by atoms with Crippen LogP contribution < -0.4 is 0 Å². The van der Waals surface area contributed by atoms with Crippen molar-refractivity contribution >= 4 is 11.8 Å². The van der Waals surface area contributed by atoms with Crippen LogP contribution in [0.5, 0.6) is 0 Å². The molecular formula is C10H14OS. The summed E-state index contributed by atoms with van der Waals surface area (Å²) < 4.78 is 5.40. The van der Waals surface area contributed by atoms with Gasteiger partial charge in [0.05, 0.1) is 6.26 Å². The Kier molecular flexibility index (Phi) is 2.77. The van der Waals surface area contributed by atoms with Gasteiger partial charge in [-0.1, -0.05) is 6.08 Å². The molecule has 1 nitrogen and oxygen atoms in total. The van der Waals surface area contributed by atoms with Gasteiger partial charge in [0.25, 0.3) is 0 Å². The van der Waals surface area contributed by atoms with Crippen molar-refractivity contribution in [1.82, 2.24) is 0 Å². The van der Waals surface area contributed by atoms with Crippen molar-refractivity contribution in [1.29, 1.82) is 0 Å². The molecular weight excluding hydrogens is 168 g/mol. The Balaban J connectivity index is 1.67. The second-order valence-electron chi connectivity index (χ2n) is 3.21. The van der Waals surface area contributed by atoms with E-state index < -0.39 is 0 Å². The molecule has 0 aromatic rings. The van der Waals surface area contributed by atoms with Crippen molar-refractivity contribution in [3.05, 3.63) is 23.3 Å². The highest BCUT2D eigenvalue weighted by Crippen LogP contribution is 2.30. The number of thioether (sulfide) groups is 1. The zero-order chi connectivity index (χ0) is 8.23. The summed E-state index contributed by atoms with van der Waals surface area (Å²) in [6.45, 7) is 0. The molecule has 12 heavy (non-hydrogen) atoms. The van der Waals surface area contributed by atoms with Crippen LogP contribution in [0.4, 0.5) is 0 Å². The highest BCUT2D eigenvalue weighted by molar-refractivity contribution is 8.03. The number of hydrogen-bond donors (Lipinski definition) is 0. The fourth-order valence-electron chi connectivity index (χ4n) is 1.56. The predicted octanol–water partition coefficient (Wildman–Crippen LogP) is 3.09. The zero-order valence-corrected chi connectivity index (χ0v) is 7.98. The Morgan fingerprint density at radius 2 is 2.58 bits per heavy atom. The van der Waals surface area contributed by atoms with Crippen molar-refractivity contribution in [3.8, 4) is 0 Å². The van der Waals surface area contributed by atoms with Crippen LogP contribution in [-0.2, 0) is 4.74 Å². The topological polar surface area (TPSA) is 9.23 Å². The normalized spacial score (nSPS) is 27.3. The average molecular weight is 182 g/mol. The first-order chi connectivity index (χ1) is 5.95. The highest BCUT2D eigenvalue weighted by Gasteiger charge is 2.13. The third-order valence-corrected chi connectivity index (χ3v) is 3.44. The Morgan fingerprint density at radius 1 is 1.58 bits per heavy atom. The lowest BCUT2D eigenvalue weighted by molar-refractivity contribution is 0.162. The van der Waals surface area contributed by atoms with E-state index in [1.54, 1.807) is 4.91 Å². The largest absolute Gasteiger partial charge is 0.498 e. The van der Waals surface area contributed by atoms with Gasteiger partial charge in [0.15, 0.2) is 0 Å². The molecule has 66 valence electrons. The molecule has 1 atom stereocenters. The van der Waals surface area contributed by atoms with E-state index in [2.05, 4.69) is 12.2 Å². The van der Waals surface area contributed by atoms with Crippen LogP contribution in [0.3, 0.4) is 0 Å². The zero-order valence-electron chi connectivity index (χ0n) is 7.16. The van der Waals surface area contributed by atoms with Crippen LogP contribution in [0.25, 0.3) is 0 Å². The molecule has 0 aliphatic carbocycles. The first-order valence-corrected chi connectivity index (χ1v) is 5.56. The Bertz CT molecular complexity index is 200. The molecule has 2 heterocycles. The summed E-state index contributed by atoms with van der Waals surface area (Å²) in [5.74, 6) is 1.29. The third kappa shape index (κ3) is 2.07. The van der Waals surface area contributed by atoms with Gasteiger partial charge in [0.1, 0.15) is 6.10 Å². The summed E-state index contributed by atoms with van der Waals surface area (Å²) in [5.41, 5.74) is 0. The first-order valence-electron chi connectivity index (χ1n) is 4.57. The second-order valence-corrected chi connectivity index (χ2v) is 4.43. The van der Waals surface area contributed by atoms with E-state index in [-0.39, 0.29) is 0 Å². The monoisotopic (exact) mass is 182 g/mol. The van der Waals surface area contributed by atoms with Crippen molar-refractivity contribution in [3.63, 3.8) is 0 Å². The smallest absolute Gasteiger partial charge is 0.102 e. The lowest BCUT2D eigenvalue weighted by Gasteiger charge is -2.09. The fraction of sp³-hybridized carbons (Fsp3) is 0.600. The highest BCUT2D eigenvalue weighted by atomic mass is 32.2. The van der Waals surface area contributed by atoms with E-state index in [1.807, 2.05) is 18.0 Å². The third-order valence-electron chi connectivity index (χ3n) is 2.26. The van der Waals surface area contributed by atoms with Gasteiger partial charge in [-0.15, -0.1) is 11.8 Å². The van der Waals surface area contributed by atoms with Crippen LogP contribution in [0, 0.1) is 0 Å². The number of hydrogen-bond acceptors (Lipinski definition) is 2. The van der Waals surface area contributed by atoms with Gasteiger partial charge in [-0.3, -0.25) is 0 Å². The summed E-state index contributed by atoms with van der Waals surface area (Å²) in [4.78, 5) is 1.57. The molecule has 0 radical (unpaired) electrons. The predicted molar refractivity (Wildman–Crippen MR) is 53.0 cm³/mol. The second kappa shape index (κ2) is 4.04. The molecule has 0 spiro atoms. The van der Waals surface area contributed by atoms with Gasteiger partial charge in [-0.25, -0.2) is 0 Å². The van der Waals surface area contributed by atoms with E-state index >= 15 is 0 Å². The van der Waals surface area contributed by atoms with Crippen LogP contribution in [0.2, 0.25) is 0 Å². The maximum atomic E-state index is 5.40. The maximum absolute atomic E-state index is 5.40. The molecule has 2 heteroatoms. The van der Waals surface area contributed by atoms with Crippen LogP contribution in [0.15, 0.2) is 23.3 Å². The summed E-state index contributed by atoms with van der Waals surface area (Å²) in [5, 5.41) is 0. The van der Waals surface area contributed by atoms with Crippen molar-refractivity contribution in [2.24, 2.45) is 0 Å². The van der Waals surface area contributed by atoms with Gasteiger partial charge in [-0.2, -0.15) is 0 Å². The molecule has 2 rings (SSSR count).